The summed E-state index contributed by atoms with van der Waals surface area (Å²) in [7, 11) is 0. The normalized spacial score (nSPS) is 11.5. The molecule has 0 radical (unpaired) electrons. The molecule has 0 spiro atoms. The predicted octanol–water partition coefficient (Wildman–Crippen LogP) is -7.03. The zero-order chi connectivity index (χ0) is 5.11. The first-order valence-corrected chi connectivity index (χ1v) is 4.81. The van der Waals surface area contributed by atoms with Crippen molar-refractivity contribution >= 4 is 0 Å². The zero-order valence-electron chi connectivity index (χ0n) is 5.57. The molecule has 0 aromatic heterocycles. The molecule has 1 aliphatic carbocycles. The van der Waals surface area contributed by atoms with E-state index in [1.54, 1.807) is 3.88 Å². The molecule has 1 rings (SSSR count). The minimum absolute atomic E-state index is 0. The van der Waals surface area contributed by atoms with Crippen LogP contribution < -0.4 is 14.1 Å². The van der Waals surface area contributed by atoms with E-state index in [4.69, 9.17) is 0 Å². The Balaban J connectivity index is -0.000000163. The minimum Gasteiger partial charge on any atom is -1.00 e. The molecule has 0 saturated heterocycles. The van der Waals surface area contributed by atoms with Gasteiger partial charge in [-0.15, -0.1) is 0 Å². The summed E-state index contributed by atoms with van der Waals surface area (Å²) in [6.07, 6.45) is 7.88. The van der Waals surface area contributed by atoms with Gasteiger partial charge in [-0.3, -0.25) is 0 Å². The Kier molecular flexibility index (Phi) is 14.8. The Morgan fingerprint density at radius 2 is 1.90 bits per heavy atom. The van der Waals surface area contributed by atoms with Gasteiger partial charge in [-0.2, -0.15) is 0 Å². The van der Waals surface area contributed by atoms with E-state index in [1.165, 1.54) is 6.42 Å². The first-order valence-electron chi connectivity index (χ1n) is 2.47. The Labute approximate surface area is 67.4 Å². The van der Waals surface area contributed by atoms with Crippen molar-refractivity contribution < 1.29 is 33.3 Å². The third-order valence-corrected chi connectivity index (χ3v) is 2.67. The van der Waals surface area contributed by atoms with Crippen LogP contribution in [0.15, 0.2) is 22.1 Å². The van der Waals surface area contributed by atoms with Crippen LogP contribution in [-0.4, -0.2) is 0 Å². The van der Waals surface area contributed by atoms with Crippen molar-refractivity contribution in [3.63, 3.8) is 0 Å². The fourth-order valence-corrected chi connectivity index (χ4v) is 1.55. The van der Waals surface area contributed by atoms with Gasteiger partial charge in [0, 0.05) is 0 Å². The third-order valence-electron chi connectivity index (χ3n) is 1.09. The predicted molar refractivity (Wildman–Crippen MR) is 27.7 cm³/mol. The second kappa shape index (κ2) is 8.98. The molecule has 4 heteroatoms. The van der Waals surface area contributed by atoms with Crippen molar-refractivity contribution in [1.29, 1.82) is 0 Å². The maximum atomic E-state index is 2.32. The fraction of sp³-hybridized carbons (Fsp3) is 0.333. The Bertz CT molecular complexity index is 120. The number of halogens is 3. The number of hydrogen-bond acceptors (Lipinski definition) is 0. The molecule has 0 aliphatic heterocycles. The van der Waals surface area contributed by atoms with Crippen LogP contribution in [0.3, 0.4) is 0 Å². The summed E-state index contributed by atoms with van der Waals surface area (Å²) in [5.74, 6) is 0. The molecule has 10 heavy (non-hydrogen) atoms. The molecule has 0 aromatic carbocycles. The zero-order valence-corrected chi connectivity index (χ0v) is 7.13. The molecule has 1 aliphatic rings. The van der Waals surface area contributed by atoms with Crippen LogP contribution in [0.5, 0.6) is 0 Å². The molecular weight excluding hydrogens is 177 g/mol. The van der Waals surface area contributed by atoms with Gasteiger partial charge in [0.05, 0.1) is 0 Å². The number of hydrogen-bond donors (Lipinski definition) is 0. The summed E-state index contributed by atoms with van der Waals surface area (Å²) < 4.78 is 1.68. The molecule has 0 saturated carbocycles. The van der Waals surface area contributed by atoms with E-state index in [9.17, 15) is 0 Å². The molecule has 0 unspecified atom stereocenters. The van der Waals surface area contributed by atoms with E-state index in [0.29, 0.717) is 19.2 Å². The van der Waals surface area contributed by atoms with Gasteiger partial charge >= 0.3 is 52.9 Å². The van der Waals surface area contributed by atoms with Crippen LogP contribution in [0, 0.1) is 0 Å². The van der Waals surface area contributed by atoms with Gasteiger partial charge in [0.15, 0.2) is 0 Å². The van der Waals surface area contributed by atoms with Crippen molar-refractivity contribution in [1.82, 2.24) is 0 Å². The van der Waals surface area contributed by atoms with Gasteiger partial charge in [0.25, 0.3) is 0 Å². The van der Waals surface area contributed by atoms with Crippen LogP contribution in [-0.2, 0) is 19.2 Å². The average molecular weight is 185 g/mol. The average Bonchev–Trinajstić information content (AvgIpc) is 2.14. The van der Waals surface area contributed by atoms with Gasteiger partial charge in [0.2, 0.25) is 0 Å². The van der Waals surface area contributed by atoms with Gasteiger partial charge in [0.1, 0.15) is 0 Å². The summed E-state index contributed by atoms with van der Waals surface area (Å²) >= 11 is 0.292. The van der Waals surface area contributed by atoms with E-state index in [2.05, 4.69) is 23.5 Å². The molecule has 0 fully saturated rings. The Hall–Kier alpha value is -0.0157. The van der Waals surface area contributed by atoms with Crippen LogP contribution in [0.1, 0.15) is 6.42 Å². The second-order valence-electron chi connectivity index (χ2n) is 1.57. The summed E-state index contributed by atoms with van der Waals surface area (Å²) in [5, 5.41) is 2.32. The molecule has 0 bridgehead atoms. The van der Waals surface area contributed by atoms with Crippen molar-refractivity contribution in [3.05, 3.63) is 22.1 Å². The van der Waals surface area contributed by atoms with Crippen molar-refractivity contribution in [2.24, 2.45) is 0 Å². The molecule has 57 valence electrons. The second-order valence-corrected chi connectivity index (χ2v) is 3.36. The summed E-state index contributed by atoms with van der Waals surface area (Å²) in [5.41, 5.74) is 0. The Morgan fingerprint density at radius 1 is 1.30 bits per heavy atom. The van der Waals surface area contributed by atoms with Crippen LogP contribution >= 0.6 is 0 Å². The SMILES string of the molecule is [CH3][Ti+3][C]1=CC=CC1.[F-].[F-].[F-]. The largest absolute Gasteiger partial charge is 1.00 e. The number of rotatable bonds is 1. The Morgan fingerprint density at radius 3 is 2.10 bits per heavy atom. The molecule has 0 atom stereocenters. The molecule has 0 N–H and O–H groups in total. The maximum Gasteiger partial charge on any atom is -1.00 e. The summed E-state index contributed by atoms with van der Waals surface area (Å²) in [4.78, 5) is 0. The van der Waals surface area contributed by atoms with Gasteiger partial charge in [-0.05, 0) is 0 Å². The molecular formula is C6H8F3Ti. The van der Waals surface area contributed by atoms with Crippen molar-refractivity contribution in [2.45, 2.75) is 11.6 Å². The van der Waals surface area contributed by atoms with E-state index >= 15 is 0 Å². The molecule has 0 aromatic rings. The monoisotopic (exact) mass is 185 g/mol. The number of allylic oxidation sites excluding steroid dienone is 4. The summed E-state index contributed by atoms with van der Waals surface area (Å²) in [6, 6.07) is 0. The van der Waals surface area contributed by atoms with Gasteiger partial charge < -0.3 is 14.1 Å². The van der Waals surface area contributed by atoms with Crippen molar-refractivity contribution in [2.75, 3.05) is 0 Å². The quantitative estimate of drug-likeness (QED) is 0.356. The fourth-order valence-electron chi connectivity index (χ4n) is 0.633. The molecule has 0 heterocycles. The smallest absolute Gasteiger partial charge is 1.00 e. The van der Waals surface area contributed by atoms with E-state index in [-0.39, 0.29) is 14.1 Å². The van der Waals surface area contributed by atoms with E-state index < -0.39 is 0 Å². The molecule has 0 nitrogen and oxygen atoms in total. The van der Waals surface area contributed by atoms with Crippen LogP contribution in [0.25, 0.3) is 0 Å². The minimum atomic E-state index is 0. The first kappa shape index (κ1) is 16.5. The van der Waals surface area contributed by atoms with Crippen molar-refractivity contribution in [3.8, 4) is 0 Å². The standard InChI is InChI=1S/C5H5.CH3.3FH.Ti/c1-2-4-5-3-1;;;;;/h1-3H,4H2;1H3;3*1H;/q;;;;;+3/p-3. The third kappa shape index (κ3) is 4.83. The van der Waals surface area contributed by atoms with Gasteiger partial charge in [-0.1, -0.05) is 0 Å². The van der Waals surface area contributed by atoms with Crippen LogP contribution in [0.4, 0.5) is 0 Å². The summed E-state index contributed by atoms with van der Waals surface area (Å²) in [6.45, 7) is 0. The topological polar surface area (TPSA) is 0 Å². The maximum absolute atomic E-state index is 2.32. The van der Waals surface area contributed by atoms with E-state index in [1.807, 2.05) is 0 Å². The van der Waals surface area contributed by atoms with Crippen LogP contribution in [0.2, 0.25) is 5.23 Å². The molecule has 0 amide bonds. The first-order chi connectivity index (χ1) is 3.43. The van der Waals surface area contributed by atoms with E-state index in [0.717, 1.165) is 0 Å². The van der Waals surface area contributed by atoms with Gasteiger partial charge in [-0.25, -0.2) is 0 Å².